The van der Waals surface area contributed by atoms with Crippen LogP contribution in [0.15, 0.2) is 24.3 Å². The highest BCUT2D eigenvalue weighted by Crippen LogP contribution is 2.15. The minimum Gasteiger partial charge on any atom is -0.306 e. The van der Waals surface area contributed by atoms with Gasteiger partial charge in [0.05, 0.1) is 0 Å². The third-order valence-electron chi connectivity index (χ3n) is 4.38. The Labute approximate surface area is 122 Å². The van der Waals surface area contributed by atoms with Crippen molar-refractivity contribution >= 4 is 5.78 Å². The largest absolute Gasteiger partial charge is 0.306 e. The minimum atomic E-state index is 0.254. The zero-order chi connectivity index (χ0) is 14.5. The molecule has 2 rings (SSSR count). The number of rotatable bonds is 5. The maximum atomic E-state index is 12.2. The topological polar surface area (TPSA) is 23.6 Å². The van der Waals surface area contributed by atoms with Gasteiger partial charge in [0.25, 0.3) is 0 Å². The summed E-state index contributed by atoms with van der Waals surface area (Å²) in [6, 6.07) is 8.53. The van der Waals surface area contributed by atoms with Crippen LogP contribution in [0.5, 0.6) is 0 Å². The molecule has 1 heterocycles. The first-order chi connectivity index (χ1) is 9.56. The van der Waals surface area contributed by atoms with E-state index in [0.29, 0.717) is 12.5 Å². The summed E-state index contributed by atoms with van der Waals surface area (Å²) in [6.45, 7) is 5.24. The summed E-state index contributed by atoms with van der Waals surface area (Å²) in [5.41, 5.74) is 2.04. The van der Waals surface area contributed by atoms with Crippen LogP contribution in [0.1, 0.15) is 35.2 Å². The van der Waals surface area contributed by atoms with E-state index in [1.807, 2.05) is 31.2 Å². The molecule has 0 bridgehead atoms. The summed E-state index contributed by atoms with van der Waals surface area (Å²) in [5, 5.41) is 0. The predicted octanol–water partition coefficient (Wildman–Crippen LogP) is 2.59. The fourth-order valence-corrected chi connectivity index (χ4v) is 2.78. The van der Waals surface area contributed by atoms with E-state index in [1.54, 1.807) is 0 Å². The van der Waals surface area contributed by atoms with Crippen molar-refractivity contribution in [2.45, 2.75) is 32.2 Å². The van der Waals surface area contributed by atoms with Crippen molar-refractivity contribution < 1.29 is 4.79 Å². The third kappa shape index (κ3) is 4.15. The number of benzene rings is 1. The van der Waals surface area contributed by atoms with E-state index < -0.39 is 0 Å². The second-order valence-electron chi connectivity index (χ2n) is 6.05. The van der Waals surface area contributed by atoms with Crippen LogP contribution in [0.4, 0.5) is 0 Å². The average Bonchev–Trinajstić information content (AvgIpc) is 2.46. The van der Waals surface area contributed by atoms with Gasteiger partial charge in [-0.15, -0.1) is 0 Å². The van der Waals surface area contributed by atoms with Crippen molar-refractivity contribution in [2.75, 3.05) is 33.7 Å². The van der Waals surface area contributed by atoms with Gasteiger partial charge >= 0.3 is 0 Å². The van der Waals surface area contributed by atoms with Crippen LogP contribution in [0.3, 0.4) is 0 Å². The van der Waals surface area contributed by atoms with Crippen molar-refractivity contribution in [1.29, 1.82) is 0 Å². The molecule has 0 radical (unpaired) electrons. The average molecular weight is 274 g/mol. The van der Waals surface area contributed by atoms with E-state index >= 15 is 0 Å². The van der Waals surface area contributed by atoms with Crippen molar-refractivity contribution in [3.8, 4) is 0 Å². The number of carbonyl (C=O) groups excluding carboxylic acids is 1. The highest BCUT2D eigenvalue weighted by atomic mass is 16.1. The van der Waals surface area contributed by atoms with E-state index in [0.717, 1.165) is 12.1 Å². The van der Waals surface area contributed by atoms with Gasteiger partial charge < -0.3 is 9.80 Å². The number of carbonyl (C=O) groups is 1. The highest BCUT2D eigenvalue weighted by molar-refractivity contribution is 5.96. The lowest BCUT2D eigenvalue weighted by Gasteiger charge is -2.35. The zero-order valence-electron chi connectivity index (χ0n) is 12.9. The smallest absolute Gasteiger partial charge is 0.164 e. The number of hydrogen-bond acceptors (Lipinski definition) is 3. The van der Waals surface area contributed by atoms with E-state index in [2.05, 4.69) is 23.9 Å². The maximum absolute atomic E-state index is 12.2. The Kier molecular flexibility index (Phi) is 5.32. The van der Waals surface area contributed by atoms with Crippen LogP contribution in [0, 0.1) is 6.92 Å². The number of aryl methyl sites for hydroxylation is 1. The van der Waals surface area contributed by atoms with Crippen LogP contribution >= 0.6 is 0 Å². The van der Waals surface area contributed by atoms with Crippen molar-refractivity contribution in [3.05, 3.63) is 35.4 Å². The summed E-state index contributed by atoms with van der Waals surface area (Å²) in [5.74, 6) is 0.254. The normalized spacial score (nSPS) is 17.6. The lowest BCUT2D eigenvalue weighted by atomic mass is 10.0. The molecule has 0 aromatic heterocycles. The first-order valence-electron chi connectivity index (χ1n) is 7.55. The maximum Gasteiger partial charge on any atom is 0.164 e. The molecule has 0 amide bonds. The summed E-state index contributed by atoms with van der Waals surface area (Å²) >= 11 is 0. The first kappa shape index (κ1) is 15.2. The number of hydrogen-bond donors (Lipinski definition) is 0. The quantitative estimate of drug-likeness (QED) is 0.771. The van der Waals surface area contributed by atoms with Crippen molar-refractivity contribution in [3.63, 3.8) is 0 Å². The lowest BCUT2D eigenvalue weighted by Crippen LogP contribution is -2.42. The summed E-state index contributed by atoms with van der Waals surface area (Å²) < 4.78 is 0. The Morgan fingerprint density at radius 3 is 2.45 bits per heavy atom. The molecule has 1 aromatic rings. The lowest BCUT2D eigenvalue weighted by molar-refractivity contribution is 0.0939. The molecule has 1 aliphatic rings. The number of nitrogens with zero attached hydrogens (tertiary/aromatic N) is 2. The Bertz CT molecular complexity index is 433. The number of ketones is 1. The number of likely N-dealkylation sites (tertiary alicyclic amines) is 1. The predicted molar refractivity (Wildman–Crippen MR) is 83.3 cm³/mol. The van der Waals surface area contributed by atoms with Gasteiger partial charge in [-0.2, -0.15) is 0 Å². The second kappa shape index (κ2) is 7.00. The zero-order valence-corrected chi connectivity index (χ0v) is 12.9. The fourth-order valence-electron chi connectivity index (χ4n) is 2.78. The second-order valence-corrected chi connectivity index (χ2v) is 6.05. The molecule has 0 spiro atoms. The van der Waals surface area contributed by atoms with Gasteiger partial charge in [-0.1, -0.05) is 29.8 Å². The van der Waals surface area contributed by atoms with Crippen LogP contribution in [-0.4, -0.2) is 55.4 Å². The fraction of sp³-hybridized carbons (Fsp3) is 0.588. The van der Waals surface area contributed by atoms with Gasteiger partial charge in [0.1, 0.15) is 0 Å². The number of Topliss-reactive ketones (excluding diaryl/α,β-unsaturated/α-hetero) is 1. The van der Waals surface area contributed by atoms with Crippen molar-refractivity contribution in [2.24, 2.45) is 0 Å². The van der Waals surface area contributed by atoms with Crippen LogP contribution in [0.2, 0.25) is 0 Å². The Balaban J connectivity index is 1.79. The summed E-state index contributed by atoms with van der Waals surface area (Å²) in [4.78, 5) is 16.9. The molecule has 110 valence electrons. The molecule has 1 aromatic carbocycles. The Morgan fingerprint density at radius 1 is 1.25 bits per heavy atom. The third-order valence-corrected chi connectivity index (χ3v) is 4.38. The van der Waals surface area contributed by atoms with Crippen LogP contribution < -0.4 is 0 Å². The molecule has 0 saturated carbocycles. The van der Waals surface area contributed by atoms with Crippen molar-refractivity contribution in [1.82, 2.24) is 9.80 Å². The van der Waals surface area contributed by atoms with Gasteiger partial charge in [-0.25, -0.2) is 0 Å². The van der Waals surface area contributed by atoms with E-state index in [-0.39, 0.29) is 5.78 Å². The van der Waals surface area contributed by atoms with Crippen LogP contribution in [0.25, 0.3) is 0 Å². The molecule has 0 N–H and O–H groups in total. The Hall–Kier alpha value is -1.19. The van der Waals surface area contributed by atoms with E-state index in [9.17, 15) is 4.79 Å². The molecule has 0 unspecified atom stereocenters. The molecule has 20 heavy (non-hydrogen) atoms. The van der Waals surface area contributed by atoms with Crippen LogP contribution in [-0.2, 0) is 0 Å². The van der Waals surface area contributed by atoms with Gasteiger partial charge in [-0.3, -0.25) is 4.79 Å². The molecule has 3 nitrogen and oxygen atoms in total. The highest BCUT2D eigenvalue weighted by Gasteiger charge is 2.20. The molecular formula is C17H26N2O. The molecule has 0 aliphatic carbocycles. The number of piperidine rings is 1. The molecule has 1 fully saturated rings. The van der Waals surface area contributed by atoms with Gasteiger partial charge in [0, 0.05) is 24.6 Å². The Morgan fingerprint density at radius 2 is 1.85 bits per heavy atom. The first-order valence-corrected chi connectivity index (χ1v) is 7.55. The monoisotopic (exact) mass is 274 g/mol. The van der Waals surface area contributed by atoms with E-state index in [4.69, 9.17) is 0 Å². The standard InChI is InChI=1S/C17H26N2O/c1-14-4-6-15(7-5-14)17(20)10-13-19(3)16-8-11-18(2)12-9-16/h4-7,16H,8-13H2,1-3H3. The summed E-state index contributed by atoms with van der Waals surface area (Å²) in [6.07, 6.45) is 3.04. The molecule has 0 atom stereocenters. The van der Waals surface area contributed by atoms with Gasteiger partial charge in [0.2, 0.25) is 0 Å². The van der Waals surface area contributed by atoms with Gasteiger partial charge in [-0.05, 0) is 47.0 Å². The van der Waals surface area contributed by atoms with Gasteiger partial charge in [0.15, 0.2) is 5.78 Å². The molecular weight excluding hydrogens is 248 g/mol. The minimum absolute atomic E-state index is 0.254. The SMILES string of the molecule is Cc1ccc(C(=O)CCN(C)C2CCN(C)CC2)cc1. The summed E-state index contributed by atoms with van der Waals surface area (Å²) in [7, 11) is 4.33. The van der Waals surface area contributed by atoms with E-state index in [1.165, 1.54) is 31.5 Å². The molecule has 3 heteroatoms. The molecule has 1 saturated heterocycles. The molecule has 1 aliphatic heterocycles.